The van der Waals surface area contributed by atoms with Gasteiger partial charge in [-0.2, -0.15) is 12.6 Å². The molecule has 0 fully saturated rings. The lowest BCUT2D eigenvalue weighted by atomic mass is 10.1. The number of aromatic hydroxyl groups is 1. The normalized spacial score (nSPS) is 12.1. The van der Waals surface area contributed by atoms with Gasteiger partial charge in [0, 0.05) is 0 Å². The molecule has 3 nitrogen and oxygen atoms in total. The minimum Gasteiger partial charge on any atom is -0.508 e. The summed E-state index contributed by atoms with van der Waals surface area (Å²) in [5.74, 6) is -0.135. The largest absolute Gasteiger partial charge is 0.508 e. The topological polar surface area (TPSA) is 46.5 Å². The third-order valence-electron chi connectivity index (χ3n) is 1.84. The maximum absolute atomic E-state index is 11.0. The highest BCUT2D eigenvalue weighted by Crippen LogP contribution is 2.13. The van der Waals surface area contributed by atoms with Crippen molar-refractivity contribution < 1.29 is 14.6 Å². The quantitative estimate of drug-likeness (QED) is 0.588. The molecule has 0 aliphatic rings. The van der Waals surface area contributed by atoms with Gasteiger partial charge in [0.2, 0.25) is 0 Å². The number of ether oxygens (including phenoxy) is 1. The summed E-state index contributed by atoms with van der Waals surface area (Å²) in [6, 6.07) is 6.66. The van der Waals surface area contributed by atoms with E-state index >= 15 is 0 Å². The maximum atomic E-state index is 11.0. The van der Waals surface area contributed by atoms with Gasteiger partial charge in [-0.1, -0.05) is 12.1 Å². The minimum absolute atomic E-state index is 0.211. The van der Waals surface area contributed by atoms with E-state index in [1.807, 2.05) is 0 Å². The Morgan fingerprint density at radius 1 is 1.50 bits per heavy atom. The molecule has 14 heavy (non-hydrogen) atoms. The van der Waals surface area contributed by atoms with Crippen LogP contribution in [0.3, 0.4) is 0 Å². The van der Waals surface area contributed by atoms with Crippen LogP contribution in [0.2, 0.25) is 0 Å². The molecule has 1 atom stereocenters. The fraction of sp³-hybridized carbons (Fsp3) is 0.300. The van der Waals surface area contributed by atoms with Gasteiger partial charge in [-0.15, -0.1) is 0 Å². The Morgan fingerprint density at radius 2 is 2.07 bits per heavy atom. The van der Waals surface area contributed by atoms with E-state index in [2.05, 4.69) is 17.4 Å². The Hall–Kier alpha value is -1.16. The standard InChI is InChI=1S/C10H12O3S/c1-13-10(12)9(14)6-7-2-4-8(11)5-3-7/h2-5,9,11,14H,6H2,1H3. The highest BCUT2D eigenvalue weighted by molar-refractivity contribution is 7.81. The van der Waals surface area contributed by atoms with E-state index in [0.717, 1.165) is 5.56 Å². The zero-order chi connectivity index (χ0) is 10.6. The smallest absolute Gasteiger partial charge is 0.318 e. The number of thiol groups is 1. The first kappa shape index (κ1) is 10.9. The van der Waals surface area contributed by atoms with Crippen LogP contribution in [-0.4, -0.2) is 23.4 Å². The second kappa shape index (κ2) is 4.91. The van der Waals surface area contributed by atoms with E-state index < -0.39 is 5.25 Å². The minimum atomic E-state index is -0.454. The van der Waals surface area contributed by atoms with E-state index in [-0.39, 0.29) is 11.7 Å². The number of phenolic OH excluding ortho intramolecular Hbond substituents is 1. The zero-order valence-corrected chi connectivity index (χ0v) is 8.70. The molecule has 0 radical (unpaired) electrons. The van der Waals surface area contributed by atoms with Crippen molar-refractivity contribution in [2.45, 2.75) is 11.7 Å². The third kappa shape index (κ3) is 2.96. The summed E-state index contributed by atoms with van der Waals surface area (Å²) in [5.41, 5.74) is 0.938. The number of benzene rings is 1. The van der Waals surface area contributed by atoms with Crippen molar-refractivity contribution in [3.63, 3.8) is 0 Å². The average molecular weight is 212 g/mol. The molecule has 1 aromatic rings. The molecule has 1 aromatic carbocycles. The second-order valence-corrected chi connectivity index (χ2v) is 3.53. The first-order valence-corrected chi connectivity index (χ1v) is 4.69. The van der Waals surface area contributed by atoms with Gasteiger partial charge in [0.05, 0.1) is 7.11 Å². The summed E-state index contributed by atoms with van der Waals surface area (Å²) in [7, 11) is 1.34. The average Bonchev–Trinajstić information content (AvgIpc) is 2.20. The van der Waals surface area contributed by atoms with Crippen LogP contribution in [0.1, 0.15) is 5.56 Å². The summed E-state index contributed by atoms with van der Waals surface area (Å²) in [6.45, 7) is 0. The number of carbonyl (C=O) groups is 1. The number of hydrogen-bond acceptors (Lipinski definition) is 4. The summed E-state index contributed by atoms with van der Waals surface area (Å²) < 4.78 is 4.54. The number of hydrogen-bond donors (Lipinski definition) is 2. The zero-order valence-electron chi connectivity index (χ0n) is 7.80. The van der Waals surface area contributed by atoms with E-state index in [1.54, 1.807) is 24.3 Å². The molecule has 0 aromatic heterocycles. The third-order valence-corrected chi connectivity index (χ3v) is 2.23. The lowest BCUT2D eigenvalue weighted by Gasteiger charge is -2.07. The van der Waals surface area contributed by atoms with Gasteiger partial charge in [-0.05, 0) is 24.1 Å². The van der Waals surface area contributed by atoms with Gasteiger partial charge < -0.3 is 9.84 Å². The van der Waals surface area contributed by atoms with Gasteiger partial charge in [0.25, 0.3) is 0 Å². The van der Waals surface area contributed by atoms with E-state index in [4.69, 9.17) is 5.11 Å². The Morgan fingerprint density at radius 3 is 2.57 bits per heavy atom. The van der Waals surface area contributed by atoms with Gasteiger partial charge >= 0.3 is 5.97 Å². The summed E-state index contributed by atoms with van der Waals surface area (Å²) in [5, 5.41) is 8.58. The lowest BCUT2D eigenvalue weighted by Crippen LogP contribution is -2.18. The molecule has 1 rings (SSSR count). The monoisotopic (exact) mass is 212 g/mol. The number of methoxy groups -OCH3 is 1. The molecule has 0 amide bonds. The Bertz CT molecular complexity index is 308. The van der Waals surface area contributed by atoms with Crippen molar-refractivity contribution in [2.75, 3.05) is 7.11 Å². The molecule has 0 saturated carbocycles. The molecule has 0 bridgehead atoms. The van der Waals surface area contributed by atoms with Gasteiger partial charge in [-0.25, -0.2) is 0 Å². The highest BCUT2D eigenvalue weighted by atomic mass is 32.1. The maximum Gasteiger partial charge on any atom is 0.318 e. The molecule has 1 N–H and O–H groups in total. The molecular formula is C10H12O3S. The van der Waals surface area contributed by atoms with Crippen LogP contribution >= 0.6 is 12.6 Å². The molecule has 76 valence electrons. The van der Waals surface area contributed by atoms with E-state index in [1.165, 1.54) is 7.11 Å². The fourth-order valence-corrected chi connectivity index (χ4v) is 1.39. The number of carbonyl (C=O) groups excluding carboxylic acids is 1. The second-order valence-electron chi connectivity index (χ2n) is 2.91. The van der Waals surface area contributed by atoms with Crippen molar-refractivity contribution in [3.8, 4) is 5.75 Å². The summed E-state index contributed by atoms with van der Waals surface area (Å²) >= 11 is 4.11. The summed E-state index contributed by atoms with van der Waals surface area (Å²) in [4.78, 5) is 11.0. The highest BCUT2D eigenvalue weighted by Gasteiger charge is 2.14. The van der Waals surface area contributed by atoms with E-state index in [9.17, 15) is 4.79 Å². The molecule has 0 spiro atoms. The van der Waals surface area contributed by atoms with Gasteiger partial charge in [0.1, 0.15) is 11.0 Å². The molecule has 0 saturated heterocycles. The molecular weight excluding hydrogens is 200 g/mol. The van der Waals surface area contributed by atoms with Crippen LogP contribution in [0.25, 0.3) is 0 Å². The van der Waals surface area contributed by atoms with Crippen molar-refractivity contribution in [1.29, 1.82) is 0 Å². The van der Waals surface area contributed by atoms with Gasteiger partial charge in [-0.3, -0.25) is 4.79 Å². The number of rotatable bonds is 3. The summed E-state index contributed by atoms with van der Waals surface area (Å²) in [6.07, 6.45) is 0.496. The first-order valence-electron chi connectivity index (χ1n) is 4.17. The van der Waals surface area contributed by atoms with Crippen molar-refractivity contribution in [3.05, 3.63) is 29.8 Å². The molecule has 0 aliphatic heterocycles. The van der Waals surface area contributed by atoms with Crippen LogP contribution in [-0.2, 0) is 16.0 Å². The fourth-order valence-electron chi connectivity index (χ4n) is 1.07. The first-order chi connectivity index (χ1) is 6.63. The van der Waals surface area contributed by atoms with Crippen molar-refractivity contribution >= 4 is 18.6 Å². The predicted molar refractivity (Wildman–Crippen MR) is 56.6 cm³/mol. The van der Waals surface area contributed by atoms with Crippen LogP contribution < -0.4 is 0 Å². The van der Waals surface area contributed by atoms with Crippen molar-refractivity contribution in [1.82, 2.24) is 0 Å². The SMILES string of the molecule is COC(=O)C(S)Cc1ccc(O)cc1. The van der Waals surface area contributed by atoms with Crippen LogP contribution in [0.4, 0.5) is 0 Å². The molecule has 4 heteroatoms. The van der Waals surface area contributed by atoms with Crippen LogP contribution in [0, 0.1) is 0 Å². The molecule has 1 unspecified atom stereocenters. The van der Waals surface area contributed by atoms with Crippen molar-refractivity contribution in [2.24, 2.45) is 0 Å². The number of phenols is 1. The van der Waals surface area contributed by atoms with Crippen LogP contribution in [0.15, 0.2) is 24.3 Å². The number of esters is 1. The van der Waals surface area contributed by atoms with Crippen LogP contribution in [0.5, 0.6) is 5.75 Å². The predicted octanol–water partition coefficient (Wildman–Crippen LogP) is 1.41. The lowest BCUT2D eigenvalue weighted by molar-refractivity contribution is -0.139. The molecule has 0 aliphatic carbocycles. The Labute approximate surface area is 88.1 Å². The Kier molecular flexibility index (Phi) is 3.83. The van der Waals surface area contributed by atoms with E-state index in [0.29, 0.717) is 6.42 Å². The Balaban J connectivity index is 2.60. The van der Waals surface area contributed by atoms with Gasteiger partial charge in [0.15, 0.2) is 0 Å². The molecule has 0 heterocycles.